The van der Waals surface area contributed by atoms with Gasteiger partial charge in [0.1, 0.15) is 5.58 Å². The van der Waals surface area contributed by atoms with Crippen LogP contribution in [0.3, 0.4) is 0 Å². The second-order valence-electron chi connectivity index (χ2n) is 8.43. The predicted octanol–water partition coefficient (Wildman–Crippen LogP) is 2.63. The van der Waals surface area contributed by atoms with Crippen LogP contribution in [0.1, 0.15) is 23.4 Å². The van der Waals surface area contributed by atoms with Gasteiger partial charge in [0.25, 0.3) is 11.8 Å². The SMILES string of the molecule is COCCN1CCC(C(=O)NO)(S(=O)(=O)c2ccc(SNC(=O)c3cc4ccccc4o3)cc2)CC1. The minimum atomic E-state index is -4.13. The normalized spacial score (nSPS) is 16.1. The number of hydroxylamine groups is 1. The summed E-state index contributed by atoms with van der Waals surface area (Å²) in [4.78, 5) is 27.7. The van der Waals surface area contributed by atoms with Crippen LogP contribution in [0.15, 0.2) is 68.8 Å². The van der Waals surface area contributed by atoms with Crippen molar-refractivity contribution in [2.75, 3.05) is 33.4 Å². The number of hydrogen-bond donors (Lipinski definition) is 3. The quantitative estimate of drug-likeness (QED) is 0.215. The Morgan fingerprint density at radius 2 is 1.83 bits per heavy atom. The molecule has 3 N–H and O–H groups in total. The number of rotatable bonds is 9. The third kappa shape index (κ3) is 5.13. The molecule has 0 spiro atoms. The fraction of sp³-hybridized carbons (Fsp3) is 0.333. The van der Waals surface area contributed by atoms with Crippen molar-refractivity contribution >= 4 is 44.6 Å². The molecule has 0 bridgehead atoms. The Balaban J connectivity index is 1.45. The van der Waals surface area contributed by atoms with Crippen LogP contribution in [-0.4, -0.2) is 68.4 Å². The van der Waals surface area contributed by atoms with Crippen LogP contribution < -0.4 is 10.2 Å². The number of amides is 2. The van der Waals surface area contributed by atoms with Gasteiger partial charge < -0.3 is 14.1 Å². The van der Waals surface area contributed by atoms with E-state index in [0.29, 0.717) is 36.7 Å². The minimum absolute atomic E-state index is 0.0372. The molecule has 10 nitrogen and oxygen atoms in total. The van der Waals surface area contributed by atoms with Crippen molar-refractivity contribution in [3.8, 4) is 0 Å². The smallest absolute Gasteiger partial charge is 0.297 e. The number of nitrogens with zero attached hydrogens (tertiary/aromatic N) is 1. The molecule has 1 fully saturated rings. The van der Waals surface area contributed by atoms with Crippen molar-refractivity contribution in [1.82, 2.24) is 15.1 Å². The van der Waals surface area contributed by atoms with E-state index < -0.39 is 26.4 Å². The van der Waals surface area contributed by atoms with Gasteiger partial charge in [-0.3, -0.25) is 19.5 Å². The summed E-state index contributed by atoms with van der Waals surface area (Å²) in [5.74, 6) is -1.20. The number of para-hydroxylation sites is 1. The Hall–Kier alpha value is -2.90. The molecule has 0 saturated carbocycles. The number of hydrogen-bond acceptors (Lipinski definition) is 9. The third-order valence-corrected chi connectivity index (χ3v) is 9.66. The average Bonchev–Trinajstić information content (AvgIpc) is 3.35. The van der Waals surface area contributed by atoms with Crippen molar-refractivity contribution in [2.45, 2.75) is 27.4 Å². The average molecular weight is 534 g/mol. The van der Waals surface area contributed by atoms with E-state index in [1.807, 2.05) is 23.1 Å². The van der Waals surface area contributed by atoms with Crippen LogP contribution in [0.5, 0.6) is 0 Å². The van der Waals surface area contributed by atoms with Crippen LogP contribution in [0.25, 0.3) is 11.0 Å². The number of sulfone groups is 1. The number of nitrogens with one attached hydrogen (secondary N) is 2. The monoisotopic (exact) mass is 533 g/mol. The molecule has 2 amide bonds. The lowest BCUT2D eigenvalue weighted by molar-refractivity contribution is -0.133. The second-order valence-corrected chi connectivity index (χ2v) is 11.6. The molecule has 0 radical (unpaired) electrons. The van der Waals surface area contributed by atoms with E-state index >= 15 is 0 Å². The van der Waals surface area contributed by atoms with Gasteiger partial charge in [-0.1, -0.05) is 18.2 Å². The molecular weight excluding hydrogens is 506 g/mol. The maximum absolute atomic E-state index is 13.6. The zero-order valence-corrected chi connectivity index (χ0v) is 21.2. The van der Waals surface area contributed by atoms with Crippen LogP contribution in [0, 0.1) is 0 Å². The van der Waals surface area contributed by atoms with E-state index in [9.17, 15) is 23.2 Å². The van der Waals surface area contributed by atoms with Crippen molar-refractivity contribution < 1.29 is 32.4 Å². The van der Waals surface area contributed by atoms with E-state index in [1.54, 1.807) is 36.9 Å². The molecule has 2 aromatic carbocycles. The van der Waals surface area contributed by atoms with Crippen LogP contribution in [-0.2, 0) is 19.4 Å². The van der Waals surface area contributed by atoms with Gasteiger partial charge in [0.15, 0.2) is 20.3 Å². The van der Waals surface area contributed by atoms with Gasteiger partial charge in [0.2, 0.25) is 0 Å². The summed E-state index contributed by atoms with van der Waals surface area (Å²) < 4.78 is 38.7. The van der Waals surface area contributed by atoms with Crippen molar-refractivity contribution in [1.29, 1.82) is 0 Å². The van der Waals surface area contributed by atoms with Gasteiger partial charge in [-0.25, -0.2) is 13.9 Å². The first-order valence-electron chi connectivity index (χ1n) is 11.3. The number of benzene rings is 2. The molecule has 36 heavy (non-hydrogen) atoms. The molecule has 1 aliphatic heterocycles. The van der Waals surface area contributed by atoms with E-state index in [1.165, 1.54) is 12.1 Å². The zero-order chi connectivity index (χ0) is 25.8. The Morgan fingerprint density at radius 1 is 1.14 bits per heavy atom. The summed E-state index contributed by atoms with van der Waals surface area (Å²) in [6, 6.07) is 14.8. The zero-order valence-electron chi connectivity index (χ0n) is 19.6. The standard InChI is InChI=1S/C24H27N3O7S2/c1-33-15-14-27-12-10-24(11-13-27,23(29)25-30)36(31,32)19-8-6-18(7-9-19)35-26-22(28)21-16-17-4-2-3-5-20(17)34-21/h2-9,16,30H,10-15H2,1H3,(H,25,29)(H,26,28). The predicted molar refractivity (Wildman–Crippen MR) is 133 cm³/mol. The largest absolute Gasteiger partial charge is 0.451 e. The lowest BCUT2D eigenvalue weighted by atomic mass is 9.95. The molecule has 1 aromatic heterocycles. The first kappa shape index (κ1) is 26.2. The van der Waals surface area contributed by atoms with Gasteiger partial charge in [-0.2, -0.15) is 0 Å². The topological polar surface area (TPSA) is 138 Å². The number of piperidine rings is 1. The lowest BCUT2D eigenvalue weighted by Crippen LogP contribution is -2.58. The number of furan rings is 1. The minimum Gasteiger partial charge on any atom is -0.451 e. The summed E-state index contributed by atoms with van der Waals surface area (Å²) in [7, 11) is -2.54. The molecule has 192 valence electrons. The summed E-state index contributed by atoms with van der Waals surface area (Å²) in [6.07, 6.45) is 0.0744. The van der Waals surface area contributed by atoms with Crippen LogP contribution in [0.2, 0.25) is 0 Å². The highest BCUT2D eigenvalue weighted by Gasteiger charge is 2.52. The Morgan fingerprint density at radius 3 is 2.47 bits per heavy atom. The molecule has 3 aromatic rings. The van der Waals surface area contributed by atoms with E-state index in [0.717, 1.165) is 17.3 Å². The highest BCUT2D eigenvalue weighted by atomic mass is 32.2. The number of likely N-dealkylation sites (tertiary alicyclic amines) is 1. The summed E-state index contributed by atoms with van der Waals surface area (Å²) in [5.41, 5.74) is 2.16. The Kier molecular flexibility index (Phi) is 8.00. The Labute approximate surface area is 213 Å². The number of fused-ring (bicyclic) bond motifs is 1. The summed E-state index contributed by atoms with van der Waals surface area (Å²) >= 11 is 1.01. The first-order chi connectivity index (χ1) is 17.3. The number of carbonyl (C=O) groups excluding carboxylic acids is 2. The van der Waals surface area contributed by atoms with Gasteiger partial charge in [-0.15, -0.1) is 0 Å². The summed E-state index contributed by atoms with van der Waals surface area (Å²) in [6.45, 7) is 1.87. The molecule has 1 saturated heterocycles. The molecule has 4 rings (SSSR count). The fourth-order valence-corrected chi connectivity index (χ4v) is 6.78. The van der Waals surface area contributed by atoms with Crippen molar-refractivity contribution in [3.05, 3.63) is 60.4 Å². The fourth-order valence-electron chi connectivity index (χ4n) is 4.24. The molecule has 12 heteroatoms. The lowest BCUT2D eigenvalue weighted by Gasteiger charge is -2.39. The van der Waals surface area contributed by atoms with Gasteiger partial charge >= 0.3 is 0 Å². The van der Waals surface area contributed by atoms with Crippen LogP contribution in [0.4, 0.5) is 0 Å². The molecule has 1 aliphatic rings. The number of carbonyl (C=O) groups is 2. The molecule has 0 atom stereocenters. The number of methoxy groups -OCH3 is 1. The molecule has 2 heterocycles. The third-order valence-electron chi connectivity index (χ3n) is 6.35. The highest BCUT2D eigenvalue weighted by molar-refractivity contribution is 7.98. The van der Waals surface area contributed by atoms with Gasteiger partial charge in [0, 0.05) is 37.0 Å². The van der Waals surface area contributed by atoms with Gasteiger partial charge in [-0.05, 0) is 61.2 Å². The maximum Gasteiger partial charge on any atom is 0.297 e. The molecule has 0 aliphatic carbocycles. The van der Waals surface area contributed by atoms with E-state index in [-0.39, 0.29) is 23.5 Å². The second kappa shape index (κ2) is 11.0. The number of ether oxygens (including phenoxy) is 1. The van der Waals surface area contributed by atoms with Crippen LogP contribution >= 0.6 is 11.9 Å². The summed E-state index contributed by atoms with van der Waals surface area (Å²) in [5, 5.41) is 10.1. The Bertz CT molecular complexity index is 1300. The van der Waals surface area contributed by atoms with E-state index in [4.69, 9.17) is 9.15 Å². The molecular formula is C24H27N3O7S2. The first-order valence-corrected chi connectivity index (χ1v) is 13.6. The maximum atomic E-state index is 13.6. The highest BCUT2D eigenvalue weighted by Crippen LogP contribution is 2.36. The van der Waals surface area contributed by atoms with Crippen molar-refractivity contribution in [2.24, 2.45) is 0 Å². The molecule has 0 unspecified atom stereocenters. The van der Waals surface area contributed by atoms with Crippen molar-refractivity contribution in [3.63, 3.8) is 0 Å². The van der Waals surface area contributed by atoms with E-state index in [2.05, 4.69) is 4.72 Å². The van der Waals surface area contributed by atoms with Gasteiger partial charge in [0.05, 0.1) is 11.5 Å².